The number of nitrogens with zero attached hydrogens (tertiary/aromatic N) is 1. The Morgan fingerprint density at radius 1 is 1.40 bits per heavy atom. The Kier molecular flexibility index (Phi) is 5.76. The van der Waals surface area contributed by atoms with Crippen LogP contribution in [-0.2, 0) is 14.3 Å². The molecule has 2 amide bonds. The predicted molar refractivity (Wildman–Crippen MR) is 72.2 cm³/mol. The molecule has 7 nitrogen and oxygen atoms in total. The van der Waals surface area contributed by atoms with Crippen LogP contribution in [0.2, 0.25) is 0 Å². The van der Waals surface area contributed by atoms with Crippen LogP contribution in [0.25, 0.3) is 0 Å². The molecule has 7 heteroatoms. The van der Waals surface area contributed by atoms with E-state index in [1.54, 1.807) is 27.9 Å². The molecule has 0 aromatic heterocycles. The van der Waals surface area contributed by atoms with Gasteiger partial charge in [0.15, 0.2) is 0 Å². The van der Waals surface area contributed by atoms with Crippen molar-refractivity contribution in [3.05, 3.63) is 0 Å². The summed E-state index contributed by atoms with van der Waals surface area (Å²) in [5.74, 6) is -0.301. The van der Waals surface area contributed by atoms with E-state index in [1.807, 2.05) is 0 Å². The second-order valence-electron chi connectivity index (χ2n) is 5.82. The van der Waals surface area contributed by atoms with E-state index in [1.165, 1.54) is 4.90 Å². The van der Waals surface area contributed by atoms with E-state index in [-0.39, 0.29) is 18.9 Å². The maximum atomic E-state index is 12.0. The summed E-state index contributed by atoms with van der Waals surface area (Å²) in [6, 6.07) is -0.697. The van der Waals surface area contributed by atoms with Gasteiger partial charge in [0.1, 0.15) is 11.6 Å². The molecule has 20 heavy (non-hydrogen) atoms. The largest absolute Gasteiger partial charge is 0.444 e. The van der Waals surface area contributed by atoms with Crippen molar-refractivity contribution in [2.24, 2.45) is 0 Å². The van der Waals surface area contributed by atoms with Gasteiger partial charge < -0.3 is 19.9 Å². The van der Waals surface area contributed by atoms with Crippen molar-refractivity contribution >= 4 is 12.0 Å². The summed E-state index contributed by atoms with van der Waals surface area (Å²) in [7, 11) is 1.54. The van der Waals surface area contributed by atoms with Crippen molar-refractivity contribution in [1.82, 2.24) is 10.2 Å². The average molecular weight is 288 g/mol. The Balaban J connectivity index is 2.63. The minimum absolute atomic E-state index is 0.108. The lowest BCUT2D eigenvalue weighted by Crippen LogP contribution is -2.48. The van der Waals surface area contributed by atoms with Crippen LogP contribution < -0.4 is 5.32 Å². The van der Waals surface area contributed by atoms with E-state index < -0.39 is 23.8 Å². The second-order valence-corrected chi connectivity index (χ2v) is 5.82. The number of amides is 2. The van der Waals surface area contributed by atoms with Crippen LogP contribution in [0.1, 0.15) is 27.2 Å². The standard InChI is InChI=1S/C13H24N2O5/c1-13(2,3)20-12(18)15-8-9(16)7-10(15)11(17)14-5-6-19-4/h9-10,16H,5-8H2,1-4H3,(H,14,17). The minimum atomic E-state index is -0.708. The molecule has 1 rings (SSSR count). The Hall–Kier alpha value is -1.34. The Bertz CT molecular complexity index is 353. The summed E-state index contributed by atoms with van der Waals surface area (Å²) in [5, 5.41) is 12.4. The monoisotopic (exact) mass is 288 g/mol. The van der Waals surface area contributed by atoms with Gasteiger partial charge in [-0.3, -0.25) is 9.69 Å². The summed E-state index contributed by atoms with van der Waals surface area (Å²) < 4.78 is 10.1. The molecule has 2 unspecified atom stereocenters. The number of ether oxygens (including phenoxy) is 2. The number of hydrogen-bond acceptors (Lipinski definition) is 5. The maximum absolute atomic E-state index is 12.0. The first-order chi connectivity index (χ1) is 9.24. The van der Waals surface area contributed by atoms with E-state index in [0.717, 1.165) is 0 Å². The van der Waals surface area contributed by atoms with E-state index in [4.69, 9.17) is 9.47 Å². The minimum Gasteiger partial charge on any atom is -0.444 e. The predicted octanol–water partition coefficient (Wildman–Crippen LogP) is 0.119. The molecule has 1 aliphatic heterocycles. The van der Waals surface area contributed by atoms with E-state index in [0.29, 0.717) is 13.2 Å². The summed E-state index contributed by atoms with van der Waals surface area (Å²) in [5.41, 5.74) is -0.637. The molecule has 0 bridgehead atoms. The molecule has 1 aliphatic rings. The van der Waals surface area contributed by atoms with Crippen LogP contribution in [0.5, 0.6) is 0 Å². The first kappa shape index (κ1) is 16.7. The molecule has 1 saturated heterocycles. The third-order valence-corrected chi connectivity index (χ3v) is 2.82. The highest BCUT2D eigenvalue weighted by atomic mass is 16.6. The summed E-state index contributed by atoms with van der Waals surface area (Å²) in [6.07, 6.45) is -1.07. The van der Waals surface area contributed by atoms with Gasteiger partial charge in [0, 0.05) is 20.1 Å². The number of carbonyl (C=O) groups excluding carboxylic acids is 2. The number of likely N-dealkylation sites (tertiary alicyclic amines) is 1. The molecular formula is C13H24N2O5. The van der Waals surface area contributed by atoms with Gasteiger partial charge in [-0.2, -0.15) is 0 Å². The quantitative estimate of drug-likeness (QED) is 0.717. The smallest absolute Gasteiger partial charge is 0.411 e. The molecule has 0 aromatic carbocycles. The van der Waals surface area contributed by atoms with E-state index in [2.05, 4.69) is 5.32 Å². The number of rotatable bonds is 4. The second kappa shape index (κ2) is 6.90. The highest BCUT2D eigenvalue weighted by Crippen LogP contribution is 2.21. The fourth-order valence-corrected chi connectivity index (χ4v) is 1.98. The first-order valence-corrected chi connectivity index (χ1v) is 6.69. The first-order valence-electron chi connectivity index (χ1n) is 6.69. The molecule has 0 saturated carbocycles. The van der Waals surface area contributed by atoms with Crippen LogP contribution in [0.15, 0.2) is 0 Å². The Morgan fingerprint density at radius 3 is 2.60 bits per heavy atom. The highest BCUT2D eigenvalue weighted by Gasteiger charge is 2.40. The number of aliphatic hydroxyl groups excluding tert-OH is 1. The van der Waals surface area contributed by atoms with Gasteiger partial charge in [-0.05, 0) is 20.8 Å². The van der Waals surface area contributed by atoms with Crippen LogP contribution in [0.4, 0.5) is 4.79 Å². The zero-order valence-electron chi connectivity index (χ0n) is 12.5. The number of hydrogen-bond donors (Lipinski definition) is 2. The van der Waals surface area contributed by atoms with Crippen molar-refractivity contribution < 1.29 is 24.2 Å². The van der Waals surface area contributed by atoms with Gasteiger partial charge >= 0.3 is 6.09 Å². The zero-order chi connectivity index (χ0) is 15.3. The molecule has 116 valence electrons. The molecule has 1 heterocycles. The molecule has 0 aromatic rings. The van der Waals surface area contributed by atoms with Crippen molar-refractivity contribution in [2.75, 3.05) is 26.8 Å². The van der Waals surface area contributed by atoms with Gasteiger partial charge in [-0.25, -0.2) is 4.79 Å². The lowest BCUT2D eigenvalue weighted by Gasteiger charge is -2.27. The van der Waals surface area contributed by atoms with Crippen LogP contribution >= 0.6 is 0 Å². The Labute approximate surface area is 119 Å². The molecule has 2 atom stereocenters. The van der Waals surface area contributed by atoms with Crippen LogP contribution in [-0.4, -0.2) is 66.6 Å². The normalized spacial score (nSPS) is 22.8. The summed E-state index contributed by atoms with van der Waals surface area (Å²) in [6.45, 7) is 6.13. The van der Waals surface area contributed by atoms with E-state index in [9.17, 15) is 14.7 Å². The molecule has 2 N–H and O–H groups in total. The summed E-state index contributed by atoms with van der Waals surface area (Å²) in [4.78, 5) is 25.3. The fraction of sp³-hybridized carbons (Fsp3) is 0.846. The fourth-order valence-electron chi connectivity index (χ4n) is 1.98. The van der Waals surface area contributed by atoms with Crippen molar-refractivity contribution in [3.63, 3.8) is 0 Å². The van der Waals surface area contributed by atoms with Gasteiger partial charge in [0.25, 0.3) is 0 Å². The molecule has 1 fully saturated rings. The maximum Gasteiger partial charge on any atom is 0.411 e. The van der Waals surface area contributed by atoms with Crippen molar-refractivity contribution in [1.29, 1.82) is 0 Å². The third-order valence-electron chi connectivity index (χ3n) is 2.82. The third kappa shape index (κ3) is 4.97. The number of aliphatic hydroxyl groups is 1. The molecule has 0 radical (unpaired) electrons. The van der Waals surface area contributed by atoms with Gasteiger partial charge in [-0.15, -0.1) is 0 Å². The number of β-amino-alcohol motifs (C(OH)–C–C–N with tert-alkyl or cyclic N) is 1. The number of methoxy groups -OCH3 is 1. The SMILES string of the molecule is COCCNC(=O)C1CC(O)CN1C(=O)OC(C)(C)C. The Morgan fingerprint density at radius 2 is 2.05 bits per heavy atom. The lowest BCUT2D eigenvalue weighted by atomic mass is 10.2. The van der Waals surface area contributed by atoms with Crippen molar-refractivity contribution in [3.8, 4) is 0 Å². The molecule has 0 aliphatic carbocycles. The van der Waals surface area contributed by atoms with Gasteiger partial charge in [0.05, 0.1) is 19.3 Å². The van der Waals surface area contributed by atoms with Gasteiger partial charge in [0.2, 0.25) is 5.91 Å². The number of carbonyl (C=O) groups is 2. The van der Waals surface area contributed by atoms with E-state index >= 15 is 0 Å². The molecular weight excluding hydrogens is 264 g/mol. The van der Waals surface area contributed by atoms with Crippen LogP contribution in [0, 0.1) is 0 Å². The highest BCUT2D eigenvalue weighted by molar-refractivity contribution is 5.86. The van der Waals surface area contributed by atoms with Gasteiger partial charge in [-0.1, -0.05) is 0 Å². The van der Waals surface area contributed by atoms with Crippen molar-refractivity contribution in [2.45, 2.75) is 44.9 Å². The van der Waals surface area contributed by atoms with Crippen LogP contribution in [0.3, 0.4) is 0 Å². The lowest BCUT2D eigenvalue weighted by molar-refractivity contribution is -0.125. The molecule has 0 spiro atoms. The summed E-state index contributed by atoms with van der Waals surface area (Å²) >= 11 is 0. The zero-order valence-corrected chi connectivity index (χ0v) is 12.5. The average Bonchev–Trinajstić information content (AvgIpc) is 2.69. The topological polar surface area (TPSA) is 88.1 Å². The number of nitrogens with one attached hydrogen (secondary N) is 1.